The Morgan fingerprint density at radius 2 is 2.35 bits per heavy atom. The minimum absolute atomic E-state index is 0.514. The Balaban J connectivity index is 1.98. The van der Waals surface area contributed by atoms with E-state index in [1.54, 1.807) is 0 Å². The van der Waals surface area contributed by atoms with Crippen LogP contribution in [0.5, 0.6) is 0 Å². The standard InChI is InChI=1S/C12H17N5/c13-8-10-4-1-5-11-15-16-12(17(10)11)7-9-3-2-6-14-9/h1,4-5,9,14H,2-3,6-8,13H2. The zero-order valence-electron chi connectivity index (χ0n) is 9.76. The highest BCUT2D eigenvalue weighted by Crippen LogP contribution is 2.14. The molecular formula is C12H17N5. The molecule has 1 aliphatic rings. The maximum Gasteiger partial charge on any atom is 0.161 e. The molecule has 3 heterocycles. The molecule has 2 aromatic rings. The molecular weight excluding hydrogens is 214 g/mol. The molecule has 1 fully saturated rings. The van der Waals surface area contributed by atoms with Crippen LogP contribution >= 0.6 is 0 Å². The Bertz CT molecular complexity index is 513. The second kappa shape index (κ2) is 4.43. The van der Waals surface area contributed by atoms with E-state index in [0.717, 1.165) is 30.1 Å². The summed E-state index contributed by atoms with van der Waals surface area (Å²) in [5, 5.41) is 12.0. The number of hydrogen-bond acceptors (Lipinski definition) is 4. The highest BCUT2D eigenvalue weighted by molar-refractivity contribution is 5.40. The molecule has 17 heavy (non-hydrogen) atoms. The largest absolute Gasteiger partial charge is 0.325 e. The number of nitrogens with one attached hydrogen (secondary N) is 1. The Labute approximate surface area is 100 Å². The average molecular weight is 231 g/mol. The van der Waals surface area contributed by atoms with Crippen LogP contribution in [0.2, 0.25) is 0 Å². The summed E-state index contributed by atoms with van der Waals surface area (Å²) >= 11 is 0. The van der Waals surface area contributed by atoms with E-state index < -0.39 is 0 Å². The van der Waals surface area contributed by atoms with E-state index in [-0.39, 0.29) is 0 Å². The van der Waals surface area contributed by atoms with Crippen molar-refractivity contribution < 1.29 is 0 Å². The van der Waals surface area contributed by atoms with Gasteiger partial charge in [-0.3, -0.25) is 4.40 Å². The molecule has 0 aliphatic carbocycles. The molecule has 3 N–H and O–H groups in total. The minimum Gasteiger partial charge on any atom is -0.325 e. The monoisotopic (exact) mass is 231 g/mol. The first-order chi connectivity index (χ1) is 8.38. The molecule has 0 spiro atoms. The van der Waals surface area contributed by atoms with E-state index >= 15 is 0 Å². The molecule has 0 radical (unpaired) electrons. The van der Waals surface area contributed by atoms with Crippen molar-refractivity contribution in [2.45, 2.75) is 31.8 Å². The normalized spacial score (nSPS) is 20.2. The van der Waals surface area contributed by atoms with Crippen LogP contribution in [0.4, 0.5) is 0 Å². The number of rotatable bonds is 3. The van der Waals surface area contributed by atoms with Gasteiger partial charge in [0.2, 0.25) is 0 Å². The lowest BCUT2D eigenvalue weighted by Gasteiger charge is -2.10. The SMILES string of the molecule is NCc1cccc2nnc(CC3CCCN3)n12. The van der Waals surface area contributed by atoms with Gasteiger partial charge in [0, 0.05) is 24.7 Å². The van der Waals surface area contributed by atoms with Gasteiger partial charge < -0.3 is 11.1 Å². The summed E-state index contributed by atoms with van der Waals surface area (Å²) in [6, 6.07) is 6.51. The van der Waals surface area contributed by atoms with Crippen molar-refractivity contribution in [1.29, 1.82) is 0 Å². The van der Waals surface area contributed by atoms with E-state index in [1.165, 1.54) is 12.8 Å². The predicted molar refractivity (Wildman–Crippen MR) is 65.6 cm³/mol. The molecule has 3 rings (SSSR count). The van der Waals surface area contributed by atoms with Gasteiger partial charge in [-0.05, 0) is 31.5 Å². The van der Waals surface area contributed by atoms with Gasteiger partial charge in [-0.1, -0.05) is 6.07 Å². The zero-order chi connectivity index (χ0) is 11.7. The first-order valence-electron chi connectivity index (χ1n) is 6.14. The smallest absolute Gasteiger partial charge is 0.161 e. The van der Waals surface area contributed by atoms with Crippen LogP contribution in [0, 0.1) is 0 Å². The molecule has 2 aromatic heterocycles. The molecule has 0 saturated carbocycles. The number of hydrogen-bond donors (Lipinski definition) is 2. The highest BCUT2D eigenvalue weighted by atomic mass is 15.3. The van der Waals surface area contributed by atoms with Crippen LogP contribution in [0.3, 0.4) is 0 Å². The Hall–Kier alpha value is -1.46. The fraction of sp³-hybridized carbons (Fsp3) is 0.500. The minimum atomic E-state index is 0.514. The van der Waals surface area contributed by atoms with Gasteiger partial charge in [-0.25, -0.2) is 0 Å². The summed E-state index contributed by atoms with van der Waals surface area (Å²) in [4.78, 5) is 0. The molecule has 1 saturated heterocycles. The zero-order valence-corrected chi connectivity index (χ0v) is 9.76. The molecule has 0 bridgehead atoms. The van der Waals surface area contributed by atoms with Gasteiger partial charge in [-0.15, -0.1) is 10.2 Å². The molecule has 1 atom stereocenters. The maximum absolute atomic E-state index is 5.76. The number of fused-ring (bicyclic) bond motifs is 1. The maximum atomic E-state index is 5.76. The van der Waals surface area contributed by atoms with Crippen molar-refractivity contribution in [3.8, 4) is 0 Å². The second-order valence-corrected chi connectivity index (χ2v) is 4.53. The second-order valence-electron chi connectivity index (χ2n) is 4.53. The highest BCUT2D eigenvalue weighted by Gasteiger charge is 2.18. The van der Waals surface area contributed by atoms with Gasteiger partial charge in [0.05, 0.1) is 0 Å². The first kappa shape index (κ1) is 10.7. The molecule has 5 nitrogen and oxygen atoms in total. The summed E-state index contributed by atoms with van der Waals surface area (Å²) in [5.74, 6) is 1.01. The number of aromatic nitrogens is 3. The van der Waals surface area contributed by atoms with Gasteiger partial charge in [0.1, 0.15) is 5.82 Å². The van der Waals surface area contributed by atoms with Crippen molar-refractivity contribution in [3.05, 3.63) is 29.7 Å². The molecule has 1 aliphatic heterocycles. The predicted octanol–water partition coefficient (Wildman–Crippen LogP) is 0.482. The van der Waals surface area contributed by atoms with E-state index in [2.05, 4.69) is 19.9 Å². The van der Waals surface area contributed by atoms with E-state index in [4.69, 9.17) is 5.73 Å². The van der Waals surface area contributed by atoms with Gasteiger partial charge >= 0.3 is 0 Å². The number of nitrogens with two attached hydrogens (primary N) is 1. The Morgan fingerprint density at radius 1 is 1.41 bits per heavy atom. The van der Waals surface area contributed by atoms with Crippen LogP contribution in [-0.2, 0) is 13.0 Å². The lowest BCUT2D eigenvalue weighted by molar-refractivity contribution is 0.580. The van der Waals surface area contributed by atoms with Gasteiger partial charge in [0.15, 0.2) is 5.65 Å². The van der Waals surface area contributed by atoms with Crippen LogP contribution in [-0.4, -0.2) is 27.2 Å². The van der Waals surface area contributed by atoms with E-state index in [1.807, 2.05) is 18.2 Å². The summed E-state index contributed by atoms with van der Waals surface area (Å²) in [6.45, 7) is 1.63. The summed E-state index contributed by atoms with van der Waals surface area (Å²) in [5.41, 5.74) is 7.72. The quantitative estimate of drug-likeness (QED) is 0.806. The van der Waals surface area contributed by atoms with Gasteiger partial charge in [0.25, 0.3) is 0 Å². The van der Waals surface area contributed by atoms with Crippen LogP contribution in [0.15, 0.2) is 18.2 Å². The van der Waals surface area contributed by atoms with Crippen molar-refractivity contribution in [2.75, 3.05) is 6.54 Å². The topological polar surface area (TPSA) is 68.2 Å². The Morgan fingerprint density at radius 3 is 3.12 bits per heavy atom. The third-order valence-electron chi connectivity index (χ3n) is 3.38. The van der Waals surface area contributed by atoms with Crippen LogP contribution < -0.4 is 11.1 Å². The molecule has 0 amide bonds. The average Bonchev–Trinajstić information content (AvgIpc) is 2.99. The lowest BCUT2D eigenvalue weighted by atomic mass is 10.1. The summed E-state index contributed by atoms with van der Waals surface area (Å²) in [7, 11) is 0. The fourth-order valence-electron chi connectivity index (χ4n) is 2.51. The molecule has 0 aromatic carbocycles. The van der Waals surface area contributed by atoms with E-state index in [9.17, 15) is 0 Å². The summed E-state index contributed by atoms with van der Waals surface area (Å²) in [6.07, 6.45) is 3.41. The van der Waals surface area contributed by atoms with Crippen molar-refractivity contribution in [2.24, 2.45) is 5.73 Å². The van der Waals surface area contributed by atoms with Crippen LogP contribution in [0.25, 0.3) is 5.65 Å². The number of nitrogens with zero attached hydrogens (tertiary/aromatic N) is 3. The summed E-state index contributed by atoms with van der Waals surface area (Å²) < 4.78 is 2.08. The Kier molecular flexibility index (Phi) is 2.78. The lowest BCUT2D eigenvalue weighted by Crippen LogP contribution is -2.25. The molecule has 5 heteroatoms. The van der Waals surface area contributed by atoms with Crippen LogP contribution in [0.1, 0.15) is 24.4 Å². The van der Waals surface area contributed by atoms with Crippen molar-refractivity contribution in [1.82, 2.24) is 19.9 Å². The van der Waals surface area contributed by atoms with Gasteiger partial charge in [-0.2, -0.15) is 0 Å². The number of pyridine rings is 1. The molecule has 90 valence electrons. The van der Waals surface area contributed by atoms with Crippen molar-refractivity contribution in [3.63, 3.8) is 0 Å². The fourth-order valence-corrected chi connectivity index (χ4v) is 2.51. The van der Waals surface area contributed by atoms with Crippen molar-refractivity contribution >= 4 is 5.65 Å². The third-order valence-corrected chi connectivity index (χ3v) is 3.38. The van der Waals surface area contributed by atoms with E-state index in [0.29, 0.717) is 12.6 Å². The third kappa shape index (κ3) is 1.92. The molecule has 1 unspecified atom stereocenters. The first-order valence-corrected chi connectivity index (χ1v) is 6.14.